The zero-order valence-electron chi connectivity index (χ0n) is 16.5. The smallest absolute Gasteiger partial charge is 0.251 e. The Hall–Kier alpha value is -2.49. The largest absolute Gasteiger partial charge is 0.421 e. The molecule has 0 atom stereocenters. The fourth-order valence-electron chi connectivity index (χ4n) is 3.43. The number of benzene rings is 1. The van der Waals surface area contributed by atoms with Crippen molar-refractivity contribution in [3.05, 3.63) is 53.5 Å². The van der Waals surface area contributed by atoms with Crippen molar-refractivity contribution >= 4 is 27.4 Å². The minimum atomic E-state index is -3.65. The molecule has 0 radical (unpaired) electrons. The standard InChI is InChI=1S/C20H22ClN5O3S/c1-2-6-18-23-24-20(29-18)15-7-5-10-22-19(15)25-11-13-26(14-12-25)30(27,28)17-9-4-3-8-16(17)21/h3-5,7-10H,2,6,11-14H2,1H3. The lowest BCUT2D eigenvalue weighted by Gasteiger charge is -2.35. The minimum absolute atomic E-state index is 0.132. The van der Waals surface area contributed by atoms with E-state index in [1.807, 2.05) is 17.0 Å². The zero-order valence-corrected chi connectivity index (χ0v) is 18.1. The van der Waals surface area contributed by atoms with Crippen molar-refractivity contribution in [1.29, 1.82) is 0 Å². The Balaban J connectivity index is 1.53. The summed E-state index contributed by atoms with van der Waals surface area (Å²) < 4.78 is 33.2. The third kappa shape index (κ3) is 4.05. The molecule has 1 aliphatic rings. The van der Waals surface area contributed by atoms with Crippen LogP contribution in [0.25, 0.3) is 11.5 Å². The second-order valence-electron chi connectivity index (χ2n) is 6.95. The summed E-state index contributed by atoms with van der Waals surface area (Å²) >= 11 is 6.12. The van der Waals surface area contributed by atoms with E-state index in [2.05, 4.69) is 22.1 Å². The molecular formula is C20H22ClN5O3S. The number of anilines is 1. The second-order valence-corrected chi connectivity index (χ2v) is 9.26. The predicted octanol–water partition coefficient (Wildman–Crippen LogP) is 3.25. The lowest BCUT2D eigenvalue weighted by molar-refractivity contribution is 0.384. The third-order valence-corrected chi connectivity index (χ3v) is 7.34. The Morgan fingerprint density at radius 2 is 1.83 bits per heavy atom. The molecule has 0 spiro atoms. The van der Waals surface area contributed by atoms with Crippen molar-refractivity contribution in [2.24, 2.45) is 0 Å². The molecule has 1 saturated heterocycles. The molecule has 0 amide bonds. The molecule has 4 rings (SSSR count). The summed E-state index contributed by atoms with van der Waals surface area (Å²) in [7, 11) is -3.65. The first-order valence-corrected chi connectivity index (χ1v) is 11.6. The molecule has 10 heteroatoms. The molecule has 158 valence electrons. The monoisotopic (exact) mass is 447 g/mol. The predicted molar refractivity (Wildman–Crippen MR) is 114 cm³/mol. The van der Waals surface area contributed by atoms with Gasteiger partial charge in [0, 0.05) is 38.8 Å². The lowest BCUT2D eigenvalue weighted by atomic mass is 10.2. The van der Waals surface area contributed by atoms with E-state index < -0.39 is 10.0 Å². The van der Waals surface area contributed by atoms with Crippen LogP contribution in [-0.2, 0) is 16.4 Å². The maximum Gasteiger partial charge on any atom is 0.251 e. The van der Waals surface area contributed by atoms with E-state index in [1.54, 1.807) is 24.4 Å². The van der Waals surface area contributed by atoms with Crippen LogP contribution in [0, 0.1) is 0 Å². The molecule has 3 heterocycles. The maximum atomic E-state index is 13.0. The summed E-state index contributed by atoms with van der Waals surface area (Å²) in [6.45, 7) is 3.69. The molecule has 0 unspecified atom stereocenters. The summed E-state index contributed by atoms with van der Waals surface area (Å²) in [5, 5.41) is 8.48. The zero-order chi connectivity index (χ0) is 21.1. The molecular weight excluding hydrogens is 426 g/mol. The van der Waals surface area contributed by atoms with Gasteiger partial charge in [-0.25, -0.2) is 13.4 Å². The van der Waals surface area contributed by atoms with E-state index in [9.17, 15) is 8.42 Å². The molecule has 0 saturated carbocycles. The number of nitrogens with zero attached hydrogens (tertiary/aromatic N) is 5. The van der Waals surface area contributed by atoms with Gasteiger partial charge in [0.2, 0.25) is 15.9 Å². The van der Waals surface area contributed by atoms with Gasteiger partial charge in [-0.05, 0) is 30.7 Å². The SMILES string of the molecule is CCCc1nnc(-c2cccnc2N2CCN(S(=O)(=O)c3ccccc3Cl)CC2)o1. The highest BCUT2D eigenvalue weighted by molar-refractivity contribution is 7.89. The number of sulfonamides is 1. The van der Waals surface area contributed by atoms with Crippen LogP contribution in [0.5, 0.6) is 0 Å². The van der Waals surface area contributed by atoms with Crippen LogP contribution in [-0.4, -0.2) is 54.1 Å². The molecule has 1 aliphatic heterocycles. The van der Waals surface area contributed by atoms with Crippen LogP contribution in [0.15, 0.2) is 51.9 Å². The van der Waals surface area contributed by atoms with Gasteiger partial charge in [0.05, 0.1) is 10.6 Å². The number of hydrogen-bond donors (Lipinski definition) is 0. The highest BCUT2D eigenvalue weighted by Crippen LogP contribution is 2.30. The molecule has 0 aliphatic carbocycles. The summed E-state index contributed by atoms with van der Waals surface area (Å²) in [6.07, 6.45) is 3.35. The van der Waals surface area contributed by atoms with E-state index in [-0.39, 0.29) is 9.92 Å². The highest BCUT2D eigenvalue weighted by atomic mass is 35.5. The lowest BCUT2D eigenvalue weighted by Crippen LogP contribution is -2.49. The number of piperazine rings is 1. The van der Waals surface area contributed by atoms with Gasteiger partial charge in [0.1, 0.15) is 10.7 Å². The number of halogens is 1. The van der Waals surface area contributed by atoms with Crippen LogP contribution in [0.4, 0.5) is 5.82 Å². The summed E-state index contributed by atoms with van der Waals surface area (Å²) in [6, 6.07) is 10.2. The molecule has 1 fully saturated rings. The molecule has 2 aromatic heterocycles. The Morgan fingerprint density at radius 3 is 2.57 bits per heavy atom. The van der Waals surface area contributed by atoms with E-state index in [0.717, 1.165) is 18.4 Å². The Bertz CT molecular complexity index is 1130. The van der Waals surface area contributed by atoms with Crippen molar-refractivity contribution in [1.82, 2.24) is 19.5 Å². The molecule has 0 N–H and O–H groups in total. The quantitative estimate of drug-likeness (QED) is 0.572. The normalized spacial score (nSPS) is 15.5. The van der Waals surface area contributed by atoms with Gasteiger partial charge < -0.3 is 9.32 Å². The van der Waals surface area contributed by atoms with Gasteiger partial charge in [0.15, 0.2) is 0 Å². The van der Waals surface area contributed by atoms with Crippen LogP contribution in [0.1, 0.15) is 19.2 Å². The highest BCUT2D eigenvalue weighted by Gasteiger charge is 2.31. The molecule has 8 nitrogen and oxygen atoms in total. The van der Waals surface area contributed by atoms with Gasteiger partial charge in [-0.15, -0.1) is 10.2 Å². The van der Waals surface area contributed by atoms with Crippen LogP contribution in [0.2, 0.25) is 5.02 Å². The average molecular weight is 448 g/mol. The molecule has 30 heavy (non-hydrogen) atoms. The summed E-state index contributed by atoms with van der Waals surface area (Å²) in [5.41, 5.74) is 0.745. The van der Waals surface area contributed by atoms with E-state index in [0.29, 0.717) is 43.8 Å². The maximum absolute atomic E-state index is 13.0. The third-order valence-electron chi connectivity index (χ3n) is 4.94. The van der Waals surface area contributed by atoms with Crippen molar-refractivity contribution in [2.75, 3.05) is 31.1 Å². The fraction of sp³-hybridized carbons (Fsp3) is 0.350. The number of hydrogen-bond acceptors (Lipinski definition) is 7. The van der Waals surface area contributed by atoms with E-state index in [1.165, 1.54) is 10.4 Å². The van der Waals surface area contributed by atoms with E-state index in [4.69, 9.17) is 16.0 Å². The van der Waals surface area contributed by atoms with Gasteiger partial charge in [-0.3, -0.25) is 0 Å². The first kappa shape index (κ1) is 20.8. The van der Waals surface area contributed by atoms with Crippen molar-refractivity contribution in [3.8, 4) is 11.5 Å². The van der Waals surface area contributed by atoms with Crippen molar-refractivity contribution < 1.29 is 12.8 Å². The second kappa shape index (κ2) is 8.71. The number of rotatable bonds is 6. The van der Waals surface area contributed by atoms with Gasteiger partial charge in [-0.1, -0.05) is 30.7 Å². The minimum Gasteiger partial charge on any atom is -0.421 e. The first-order chi connectivity index (χ1) is 14.5. The van der Waals surface area contributed by atoms with Gasteiger partial charge >= 0.3 is 0 Å². The summed E-state index contributed by atoms with van der Waals surface area (Å²) in [5.74, 6) is 1.73. The first-order valence-electron chi connectivity index (χ1n) is 9.78. The van der Waals surface area contributed by atoms with Gasteiger partial charge in [-0.2, -0.15) is 4.31 Å². The average Bonchev–Trinajstić information content (AvgIpc) is 3.23. The van der Waals surface area contributed by atoms with Gasteiger partial charge in [0.25, 0.3) is 5.89 Å². The van der Waals surface area contributed by atoms with Crippen LogP contribution in [0.3, 0.4) is 0 Å². The molecule has 0 bridgehead atoms. The fourth-order valence-corrected chi connectivity index (χ4v) is 5.34. The topological polar surface area (TPSA) is 92.4 Å². The molecule has 1 aromatic carbocycles. The molecule has 3 aromatic rings. The summed E-state index contributed by atoms with van der Waals surface area (Å²) in [4.78, 5) is 6.67. The van der Waals surface area contributed by atoms with E-state index >= 15 is 0 Å². The van der Waals surface area contributed by atoms with Crippen molar-refractivity contribution in [2.45, 2.75) is 24.7 Å². The Labute approximate surface area is 180 Å². The Kier molecular flexibility index (Phi) is 6.03. The Morgan fingerprint density at radius 1 is 1.07 bits per heavy atom. The van der Waals surface area contributed by atoms with Crippen LogP contribution >= 0.6 is 11.6 Å². The van der Waals surface area contributed by atoms with Crippen LogP contribution < -0.4 is 4.90 Å². The number of pyridine rings is 1. The number of aromatic nitrogens is 3. The van der Waals surface area contributed by atoms with Crippen molar-refractivity contribution in [3.63, 3.8) is 0 Å². The number of aryl methyl sites for hydroxylation is 1.